The number of aromatic nitrogens is 1. The number of carboxylic acid groups (broad SMARTS) is 1. The molecule has 1 atom stereocenters. The van der Waals surface area contributed by atoms with Crippen LogP contribution in [0.15, 0.2) is 42.5 Å². The van der Waals surface area contributed by atoms with Gasteiger partial charge in [0.25, 0.3) is 5.91 Å². The number of carbonyl (C=O) groups excluding carboxylic acids is 2. The largest absolute Gasteiger partial charge is 0.481 e. The molecule has 3 aromatic rings. The van der Waals surface area contributed by atoms with Gasteiger partial charge in [-0.25, -0.2) is 0 Å². The van der Waals surface area contributed by atoms with Crippen molar-refractivity contribution in [3.63, 3.8) is 0 Å². The van der Waals surface area contributed by atoms with Gasteiger partial charge in [0, 0.05) is 55.9 Å². The molecule has 1 aliphatic heterocycles. The van der Waals surface area contributed by atoms with Gasteiger partial charge in [0.2, 0.25) is 5.91 Å². The van der Waals surface area contributed by atoms with Crippen LogP contribution in [-0.2, 0) is 16.1 Å². The third kappa shape index (κ3) is 5.76. The van der Waals surface area contributed by atoms with Gasteiger partial charge in [-0.2, -0.15) is 0 Å². The standard InChI is InChI=1S/C28H32Cl2N4O4/c1-4-34-23-10-9-22(29)26(30)21(23)15-24(34)27(36)31-18-5-7-19(8-6-18)32-11-13-33(14-12-32)25(35)16-20(17(2)3)28(37)38/h5-10,15,17,20H,4,11-14,16H2,1-3H3,(H,31,36)(H,37,38). The Kier molecular flexibility index (Phi) is 8.53. The second kappa shape index (κ2) is 11.7. The molecule has 1 saturated heterocycles. The number of carboxylic acids is 1. The van der Waals surface area contributed by atoms with Crippen molar-refractivity contribution < 1.29 is 19.5 Å². The Morgan fingerprint density at radius 2 is 1.66 bits per heavy atom. The van der Waals surface area contributed by atoms with E-state index in [4.69, 9.17) is 23.2 Å². The Hall–Kier alpha value is -3.23. The van der Waals surface area contributed by atoms with E-state index in [0.29, 0.717) is 54.2 Å². The lowest BCUT2D eigenvalue weighted by atomic mass is 9.92. The summed E-state index contributed by atoms with van der Waals surface area (Å²) in [6, 6.07) is 12.9. The second-order valence-corrected chi connectivity index (χ2v) is 10.6. The highest BCUT2D eigenvalue weighted by Gasteiger charge is 2.29. The number of nitrogens with one attached hydrogen (secondary N) is 1. The van der Waals surface area contributed by atoms with Gasteiger partial charge in [0.1, 0.15) is 5.69 Å². The lowest BCUT2D eigenvalue weighted by Gasteiger charge is -2.36. The Labute approximate surface area is 232 Å². The molecule has 202 valence electrons. The molecule has 2 aromatic carbocycles. The number of piperazine rings is 1. The minimum absolute atomic E-state index is 0.0254. The summed E-state index contributed by atoms with van der Waals surface area (Å²) in [7, 11) is 0. The zero-order valence-electron chi connectivity index (χ0n) is 21.7. The Bertz CT molecular complexity index is 1350. The van der Waals surface area contributed by atoms with Crippen LogP contribution in [0.4, 0.5) is 11.4 Å². The van der Waals surface area contributed by atoms with E-state index < -0.39 is 11.9 Å². The number of benzene rings is 2. The molecule has 8 nitrogen and oxygen atoms in total. The molecule has 0 spiro atoms. The van der Waals surface area contributed by atoms with Crippen LogP contribution in [0.3, 0.4) is 0 Å². The summed E-state index contributed by atoms with van der Waals surface area (Å²) in [5, 5.41) is 14.0. The van der Waals surface area contributed by atoms with Gasteiger partial charge in [-0.3, -0.25) is 14.4 Å². The van der Waals surface area contributed by atoms with Crippen molar-refractivity contribution in [2.45, 2.75) is 33.7 Å². The number of amides is 2. The second-order valence-electron chi connectivity index (χ2n) is 9.83. The number of fused-ring (bicyclic) bond motifs is 1. The number of anilines is 2. The molecule has 4 rings (SSSR count). The van der Waals surface area contributed by atoms with E-state index in [9.17, 15) is 19.5 Å². The highest BCUT2D eigenvalue weighted by molar-refractivity contribution is 6.45. The number of hydrogen-bond acceptors (Lipinski definition) is 4. The number of carbonyl (C=O) groups is 3. The first-order chi connectivity index (χ1) is 18.1. The number of aliphatic carboxylic acids is 1. The van der Waals surface area contributed by atoms with Crippen molar-refractivity contribution in [2.24, 2.45) is 11.8 Å². The van der Waals surface area contributed by atoms with Gasteiger partial charge in [0.15, 0.2) is 0 Å². The first-order valence-electron chi connectivity index (χ1n) is 12.7. The summed E-state index contributed by atoms with van der Waals surface area (Å²) >= 11 is 12.5. The highest BCUT2D eigenvalue weighted by atomic mass is 35.5. The molecular weight excluding hydrogens is 527 g/mol. The molecule has 1 unspecified atom stereocenters. The molecule has 2 heterocycles. The lowest BCUT2D eigenvalue weighted by molar-refractivity contribution is -0.147. The molecule has 0 radical (unpaired) electrons. The summed E-state index contributed by atoms with van der Waals surface area (Å²) in [6.07, 6.45) is 0.0254. The van der Waals surface area contributed by atoms with E-state index >= 15 is 0 Å². The minimum Gasteiger partial charge on any atom is -0.481 e. The van der Waals surface area contributed by atoms with Gasteiger partial charge in [-0.05, 0) is 55.3 Å². The number of aryl methyl sites for hydroxylation is 1. The zero-order valence-corrected chi connectivity index (χ0v) is 23.2. The van der Waals surface area contributed by atoms with Crippen LogP contribution >= 0.6 is 23.2 Å². The topological polar surface area (TPSA) is 94.9 Å². The summed E-state index contributed by atoms with van der Waals surface area (Å²) in [4.78, 5) is 41.1. The van der Waals surface area contributed by atoms with Crippen LogP contribution < -0.4 is 10.2 Å². The van der Waals surface area contributed by atoms with Crippen LogP contribution in [0.5, 0.6) is 0 Å². The van der Waals surface area contributed by atoms with E-state index in [-0.39, 0.29) is 24.2 Å². The summed E-state index contributed by atoms with van der Waals surface area (Å²) in [6.45, 7) is 8.59. The fourth-order valence-corrected chi connectivity index (χ4v) is 5.27. The van der Waals surface area contributed by atoms with Crippen LogP contribution in [-0.4, -0.2) is 58.5 Å². The van der Waals surface area contributed by atoms with Crippen LogP contribution in [0.2, 0.25) is 10.0 Å². The van der Waals surface area contributed by atoms with Crippen molar-refractivity contribution >= 4 is 63.3 Å². The van der Waals surface area contributed by atoms with E-state index in [0.717, 1.165) is 16.6 Å². The molecule has 1 aliphatic rings. The van der Waals surface area contributed by atoms with Gasteiger partial charge in [-0.15, -0.1) is 0 Å². The minimum atomic E-state index is -0.927. The van der Waals surface area contributed by atoms with Crippen LogP contribution in [0, 0.1) is 11.8 Å². The first-order valence-corrected chi connectivity index (χ1v) is 13.5. The normalized spacial score (nSPS) is 14.7. The van der Waals surface area contributed by atoms with E-state index in [1.165, 1.54) is 0 Å². The molecule has 0 bridgehead atoms. The summed E-state index contributed by atoms with van der Waals surface area (Å²) in [5.74, 6) is -2.05. The monoisotopic (exact) mass is 558 g/mol. The van der Waals surface area contributed by atoms with E-state index in [1.807, 2.05) is 55.7 Å². The first kappa shape index (κ1) is 27.8. The van der Waals surface area contributed by atoms with Gasteiger partial charge in [0.05, 0.1) is 21.5 Å². The van der Waals surface area contributed by atoms with Crippen molar-refractivity contribution in [1.29, 1.82) is 0 Å². The average Bonchev–Trinajstić information content (AvgIpc) is 3.29. The number of halogens is 2. The Morgan fingerprint density at radius 1 is 1.00 bits per heavy atom. The van der Waals surface area contributed by atoms with Crippen molar-refractivity contribution in [3.8, 4) is 0 Å². The fraction of sp³-hybridized carbons (Fsp3) is 0.393. The lowest BCUT2D eigenvalue weighted by Crippen LogP contribution is -2.49. The molecule has 0 aliphatic carbocycles. The quantitative estimate of drug-likeness (QED) is 0.374. The molecule has 0 saturated carbocycles. The van der Waals surface area contributed by atoms with Gasteiger partial charge < -0.3 is 24.8 Å². The Morgan fingerprint density at radius 3 is 2.24 bits per heavy atom. The highest BCUT2D eigenvalue weighted by Crippen LogP contribution is 2.33. The van der Waals surface area contributed by atoms with Crippen molar-refractivity contribution in [3.05, 3.63) is 58.2 Å². The molecule has 1 fully saturated rings. The fourth-order valence-electron chi connectivity index (χ4n) is 4.89. The van der Waals surface area contributed by atoms with Crippen molar-refractivity contribution in [1.82, 2.24) is 9.47 Å². The smallest absolute Gasteiger partial charge is 0.307 e. The maximum Gasteiger partial charge on any atom is 0.307 e. The maximum atomic E-state index is 13.1. The maximum absolute atomic E-state index is 13.1. The SMILES string of the molecule is CCn1c(C(=O)Nc2ccc(N3CCN(C(=O)CC(C(=O)O)C(C)C)CC3)cc2)cc2c(Cl)c(Cl)ccc21. The molecular formula is C28H32Cl2N4O4. The third-order valence-corrected chi connectivity index (χ3v) is 7.98. The molecule has 2 N–H and O–H groups in total. The van der Waals surface area contributed by atoms with Crippen LogP contribution in [0.25, 0.3) is 10.9 Å². The molecule has 1 aromatic heterocycles. The van der Waals surface area contributed by atoms with E-state index in [2.05, 4.69) is 10.2 Å². The summed E-state index contributed by atoms with van der Waals surface area (Å²) < 4.78 is 1.90. The van der Waals surface area contributed by atoms with E-state index in [1.54, 1.807) is 17.0 Å². The summed E-state index contributed by atoms with van der Waals surface area (Å²) in [5.41, 5.74) is 3.00. The van der Waals surface area contributed by atoms with Crippen LogP contribution in [0.1, 0.15) is 37.7 Å². The number of rotatable bonds is 8. The van der Waals surface area contributed by atoms with Gasteiger partial charge >= 0.3 is 5.97 Å². The third-order valence-electron chi connectivity index (χ3n) is 7.16. The zero-order chi connectivity index (χ0) is 27.6. The Balaban J connectivity index is 1.38. The average molecular weight is 559 g/mol. The predicted octanol–water partition coefficient (Wildman–Crippen LogP) is 5.62. The molecule has 38 heavy (non-hydrogen) atoms. The van der Waals surface area contributed by atoms with Crippen molar-refractivity contribution in [2.75, 3.05) is 36.4 Å². The number of nitrogens with zero attached hydrogens (tertiary/aromatic N) is 3. The molecule has 10 heteroatoms. The van der Waals surface area contributed by atoms with Gasteiger partial charge in [-0.1, -0.05) is 37.0 Å². The number of hydrogen-bond donors (Lipinski definition) is 2. The predicted molar refractivity (Wildman–Crippen MR) is 151 cm³/mol. The molecule has 2 amide bonds.